The minimum absolute atomic E-state index is 0.422. The molecule has 9 heteroatoms. The number of ketones is 1. The third-order valence-electron chi connectivity index (χ3n) is 9.61. The smallest absolute Gasteiger partial charge is 0.306 e. The van der Waals surface area contributed by atoms with E-state index in [-0.39, 0.29) is 0 Å². The molecule has 0 fully saturated rings. The normalized spacial score (nSPS) is 14.9. The molecule has 0 aromatic heterocycles. The van der Waals surface area contributed by atoms with E-state index in [0.29, 0.717) is 12.8 Å². The second kappa shape index (κ2) is 33.7. The van der Waals surface area contributed by atoms with Crippen LogP contribution in [0.4, 0.5) is 0 Å². The van der Waals surface area contributed by atoms with Crippen LogP contribution in [0.2, 0.25) is 0 Å². The standard InChI is InChI=1S/C42H76O9/c1-3-5-7-9-11-13-15-17-19-21-23-25-27-29-31-37(44)42(50,41(49)40(48)36(43)35-51-39(47)33-32-38(45)46)34-30-28-26-24-22-20-18-16-14-12-10-8-6-4-2/h29-31,34,36,40-41,43,48-50H,3-28,32-33,35H2,1-2H3,(H,45,46)/t36-,40-,41+,42+/m1/s1. The largest absolute Gasteiger partial charge is 0.481 e. The molecule has 51 heavy (non-hydrogen) atoms. The Morgan fingerprint density at radius 1 is 0.588 bits per heavy atom. The summed E-state index contributed by atoms with van der Waals surface area (Å²) in [5.41, 5.74) is -2.50. The highest BCUT2D eigenvalue weighted by atomic mass is 16.5. The topological polar surface area (TPSA) is 162 Å². The fraction of sp³-hybridized carbons (Fsp3) is 0.833. The molecule has 0 aromatic rings. The molecule has 0 aliphatic rings. The first-order valence-corrected chi connectivity index (χ1v) is 20.6. The van der Waals surface area contributed by atoms with Gasteiger partial charge in [0, 0.05) is 0 Å². The maximum Gasteiger partial charge on any atom is 0.306 e. The second-order valence-corrected chi connectivity index (χ2v) is 14.4. The molecule has 0 unspecified atom stereocenters. The molecule has 298 valence electrons. The van der Waals surface area contributed by atoms with Crippen LogP contribution in [0.25, 0.3) is 0 Å². The van der Waals surface area contributed by atoms with Crippen molar-refractivity contribution in [3.05, 3.63) is 24.3 Å². The summed E-state index contributed by atoms with van der Waals surface area (Å²) in [5, 5.41) is 52.1. The molecular weight excluding hydrogens is 648 g/mol. The number of carboxylic acid groups (broad SMARTS) is 1. The number of aliphatic hydroxyl groups is 4. The van der Waals surface area contributed by atoms with E-state index in [1.54, 1.807) is 12.2 Å². The Kier molecular flexibility index (Phi) is 32.4. The number of carboxylic acids is 1. The van der Waals surface area contributed by atoms with Crippen molar-refractivity contribution in [3.63, 3.8) is 0 Å². The lowest BCUT2D eigenvalue weighted by atomic mass is 9.85. The van der Waals surface area contributed by atoms with E-state index in [2.05, 4.69) is 13.8 Å². The number of hydrogen-bond acceptors (Lipinski definition) is 8. The lowest BCUT2D eigenvalue weighted by Crippen LogP contribution is -2.56. The van der Waals surface area contributed by atoms with Crippen LogP contribution >= 0.6 is 0 Å². The van der Waals surface area contributed by atoms with Crippen LogP contribution in [0.15, 0.2) is 24.3 Å². The van der Waals surface area contributed by atoms with Crippen molar-refractivity contribution in [3.8, 4) is 0 Å². The Morgan fingerprint density at radius 2 is 0.980 bits per heavy atom. The third kappa shape index (κ3) is 27.2. The van der Waals surface area contributed by atoms with E-state index in [9.17, 15) is 34.8 Å². The molecule has 0 bridgehead atoms. The van der Waals surface area contributed by atoms with Crippen molar-refractivity contribution < 1.29 is 44.7 Å². The Bertz CT molecular complexity index is 918. The first kappa shape index (κ1) is 48.9. The second-order valence-electron chi connectivity index (χ2n) is 14.4. The molecule has 0 aliphatic heterocycles. The molecule has 9 nitrogen and oxygen atoms in total. The van der Waals surface area contributed by atoms with Gasteiger partial charge in [-0.05, 0) is 37.8 Å². The van der Waals surface area contributed by atoms with Crippen LogP contribution in [-0.4, -0.2) is 73.8 Å². The van der Waals surface area contributed by atoms with Crippen LogP contribution in [0.3, 0.4) is 0 Å². The van der Waals surface area contributed by atoms with Crippen molar-refractivity contribution in [2.75, 3.05) is 6.61 Å². The summed E-state index contributed by atoms with van der Waals surface area (Å²) in [7, 11) is 0. The van der Waals surface area contributed by atoms with E-state index >= 15 is 0 Å². The predicted octanol–water partition coefficient (Wildman–Crippen LogP) is 9.07. The summed E-state index contributed by atoms with van der Waals surface area (Å²) in [6.45, 7) is 3.73. The fourth-order valence-corrected chi connectivity index (χ4v) is 6.15. The van der Waals surface area contributed by atoms with Crippen LogP contribution in [0.1, 0.15) is 194 Å². The van der Waals surface area contributed by atoms with E-state index < -0.39 is 61.1 Å². The number of carbonyl (C=O) groups excluding carboxylic acids is 2. The van der Waals surface area contributed by atoms with E-state index in [0.717, 1.165) is 38.5 Å². The van der Waals surface area contributed by atoms with Crippen LogP contribution in [0, 0.1) is 0 Å². The highest BCUT2D eigenvalue weighted by molar-refractivity contribution is 5.99. The molecule has 0 radical (unpaired) electrons. The van der Waals surface area contributed by atoms with Gasteiger partial charge in [0.1, 0.15) is 24.9 Å². The average Bonchev–Trinajstić information content (AvgIpc) is 3.12. The van der Waals surface area contributed by atoms with Gasteiger partial charge in [-0.3, -0.25) is 14.4 Å². The van der Waals surface area contributed by atoms with E-state index in [1.165, 1.54) is 128 Å². The molecular formula is C42H76O9. The van der Waals surface area contributed by atoms with Crippen LogP contribution in [-0.2, 0) is 19.1 Å². The molecule has 0 saturated carbocycles. The zero-order chi connectivity index (χ0) is 38.0. The van der Waals surface area contributed by atoms with Gasteiger partial charge in [0.25, 0.3) is 0 Å². The quantitative estimate of drug-likeness (QED) is 0.0182. The first-order chi connectivity index (χ1) is 24.6. The van der Waals surface area contributed by atoms with Crippen molar-refractivity contribution in [1.29, 1.82) is 0 Å². The Labute approximate surface area is 310 Å². The number of unbranched alkanes of at least 4 members (excludes halogenated alkanes) is 24. The maximum absolute atomic E-state index is 13.3. The summed E-state index contributed by atoms with van der Waals surface area (Å²) in [6, 6.07) is 0. The summed E-state index contributed by atoms with van der Waals surface area (Å²) < 4.78 is 4.82. The fourth-order valence-electron chi connectivity index (χ4n) is 6.15. The highest BCUT2D eigenvalue weighted by Gasteiger charge is 2.45. The lowest BCUT2D eigenvalue weighted by molar-refractivity contribution is -0.167. The molecule has 0 saturated heterocycles. The molecule has 4 atom stereocenters. The summed E-state index contributed by atoms with van der Waals surface area (Å²) in [5.74, 6) is -2.90. The molecule has 0 heterocycles. The van der Waals surface area contributed by atoms with E-state index in [4.69, 9.17) is 9.84 Å². The first-order valence-electron chi connectivity index (χ1n) is 20.6. The number of esters is 1. The number of carbonyl (C=O) groups is 3. The predicted molar refractivity (Wildman–Crippen MR) is 205 cm³/mol. The number of rotatable bonds is 37. The SMILES string of the molecule is CCCCCCCCCCCCCCC=CC(=O)[C@@](O)(C=CCCCCCCCCCCCCCC)[C@@H](O)[C@H](O)[C@H](O)COC(=O)CCC(=O)O. The minimum Gasteiger partial charge on any atom is -0.481 e. The monoisotopic (exact) mass is 725 g/mol. The van der Waals surface area contributed by atoms with Gasteiger partial charge in [-0.2, -0.15) is 0 Å². The van der Waals surface area contributed by atoms with Gasteiger partial charge in [0.15, 0.2) is 11.4 Å². The molecule has 0 aliphatic carbocycles. The van der Waals surface area contributed by atoms with Gasteiger partial charge < -0.3 is 30.3 Å². The van der Waals surface area contributed by atoms with Crippen molar-refractivity contribution >= 4 is 17.7 Å². The number of hydrogen-bond donors (Lipinski definition) is 5. The van der Waals surface area contributed by atoms with Crippen molar-refractivity contribution in [1.82, 2.24) is 0 Å². The maximum atomic E-state index is 13.3. The van der Waals surface area contributed by atoms with Crippen LogP contribution < -0.4 is 0 Å². The van der Waals surface area contributed by atoms with Gasteiger partial charge in [-0.25, -0.2) is 0 Å². The third-order valence-corrected chi connectivity index (χ3v) is 9.61. The Balaban J connectivity index is 4.88. The minimum atomic E-state index is -2.50. The van der Waals surface area contributed by atoms with Crippen molar-refractivity contribution in [2.24, 2.45) is 0 Å². The molecule has 0 aromatic carbocycles. The van der Waals surface area contributed by atoms with E-state index in [1.807, 2.05) is 0 Å². The summed E-state index contributed by atoms with van der Waals surface area (Å²) in [4.78, 5) is 35.7. The zero-order valence-corrected chi connectivity index (χ0v) is 32.4. The number of aliphatic hydroxyl groups excluding tert-OH is 3. The zero-order valence-electron chi connectivity index (χ0n) is 32.4. The van der Waals surface area contributed by atoms with Gasteiger partial charge in [-0.15, -0.1) is 0 Å². The molecule has 0 spiro atoms. The van der Waals surface area contributed by atoms with Gasteiger partial charge in [-0.1, -0.05) is 167 Å². The Hall–Kier alpha value is -2.07. The lowest BCUT2D eigenvalue weighted by Gasteiger charge is -2.33. The van der Waals surface area contributed by atoms with Crippen molar-refractivity contribution in [2.45, 2.75) is 218 Å². The number of ether oxygens (including phenoxy) is 1. The number of aliphatic carboxylic acids is 1. The van der Waals surface area contributed by atoms with Gasteiger partial charge >= 0.3 is 11.9 Å². The number of allylic oxidation sites excluding steroid dienone is 2. The van der Waals surface area contributed by atoms with Gasteiger partial charge in [0.2, 0.25) is 0 Å². The Morgan fingerprint density at radius 3 is 1.39 bits per heavy atom. The highest BCUT2D eigenvalue weighted by Crippen LogP contribution is 2.22. The van der Waals surface area contributed by atoms with Crippen LogP contribution in [0.5, 0.6) is 0 Å². The molecule has 0 amide bonds. The van der Waals surface area contributed by atoms with Gasteiger partial charge in [0.05, 0.1) is 12.8 Å². The summed E-state index contributed by atoms with van der Waals surface area (Å²) >= 11 is 0. The average molecular weight is 725 g/mol. The summed E-state index contributed by atoms with van der Waals surface area (Å²) in [6.07, 6.45) is 29.3. The molecule has 0 rings (SSSR count). The molecule has 5 N–H and O–H groups in total.